The van der Waals surface area contributed by atoms with Crippen molar-refractivity contribution in [2.24, 2.45) is 5.92 Å². The molecule has 132 valence electrons. The number of nitrogens with one attached hydrogen (secondary N) is 1. The van der Waals surface area contributed by atoms with Gasteiger partial charge in [-0.15, -0.1) is 0 Å². The Kier molecular flexibility index (Phi) is 5.16. The molecule has 2 unspecified atom stereocenters. The van der Waals surface area contributed by atoms with Gasteiger partial charge in [-0.3, -0.25) is 14.7 Å². The van der Waals surface area contributed by atoms with E-state index in [-0.39, 0.29) is 11.8 Å². The number of amides is 1. The number of carbonyl (C=O) groups excluding carboxylic acids is 1. The maximum absolute atomic E-state index is 12.3. The summed E-state index contributed by atoms with van der Waals surface area (Å²) in [5, 5.41) is 16.5. The minimum Gasteiger partial charge on any atom is -0.481 e. The minimum absolute atomic E-state index is 0.0947. The van der Waals surface area contributed by atoms with Crippen molar-refractivity contribution in [1.29, 1.82) is 0 Å². The first-order valence-corrected chi connectivity index (χ1v) is 9.00. The Balaban J connectivity index is 1.65. The number of nitrogens with zero attached hydrogens (tertiary/aromatic N) is 3. The van der Waals surface area contributed by atoms with E-state index in [0.29, 0.717) is 19.0 Å². The average molecular weight is 334 g/mol. The van der Waals surface area contributed by atoms with Crippen LogP contribution in [0.4, 0.5) is 0 Å². The summed E-state index contributed by atoms with van der Waals surface area (Å²) in [6.07, 6.45) is 7.93. The van der Waals surface area contributed by atoms with Crippen LogP contribution in [0, 0.1) is 5.92 Å². The van der Waals surface area contributed by atoms with E-state index in [1.807, 2.05) is 0 Å². The van der Waals surface area contributed by atoms with Crippen LogP contribution in [0.5, 0.6) is 0 Å². The normalized spacial score (nSPS) is 23.9. The molecular weight excluding hydrogens is 308 g/mol. The molecule has 2 fully saturated rings. The Hall–Kier alpha value is -1.92. The lowest BCUT2D eigenvalue weighted by Crippen LogP contribution is -2.43. The second kappa shape index (κ2) is 7.32. The van der Waals surface area contributed by atoms with Gasteiger partial charge in [0.25, 0.3) is 0 Å². The van der Waals surface area contributed by atoms with Crippen molar-refractivity contribution in [3.8, 4) is 0 Å². The summed E-state index contributed by atoms with van der Waals surface area (Å²) >= 11 is 0. The molecule has 1 saturated heterocycles. The molecule has 1 aromatic heterocycles. The zero-order valence-electron chi connectivity index (χ0n) is 14.2. The Morgan fingerprint density at radius 3 is 2.58 bits per heavy atom. The van der Waals surface area contributed by atoms with Crippen molar-refractivity contribution in [2.75, 3.05) is 13.1 Å². The molecule has 0 spiro atoms. The molecule has 1 amide bonds. The molecular formula is C17H26N4O3. The Morgan fingerprint density at radius 1 is 1.17 bits per heavy atom. The second-order valence-electron chi connectivity index (χ2n) is 7.10. The van der Waals surface area contributed by atoms with Gasteiger partial charge >= 0.3 is 5.97 Å². The van der Waals surface area contributed by atoms with Gasteiger partial charge in [-0.05, 0) is 32.6 Å². The summed E-state index contributed by atoms with van der Waals surface area (Å²) in [6.45, 7) is 2.58. The van der Waals surface area contributed by atoms with Crippen LogP contribution >= 0.6 is 0 Å². The monoisotopic (exact) mass is 334 g/mol. The van der Waals surface area contributed by atoms with Crippen LogP contribution in [0.3, 0.4) is 0 Å². The van der Waals surface area contributed by atoms with Gasteiger partial charge in [-0.2, -0.15) is 5.10 Å². The molecule has 1 saturated carbocycles. The smallest absolute Gasteiger partial charge is 0.315 e. The number of aliphatic carboxylic acids is 1. The molecule has 7 nitrogen and oxygen atoms in total. The van der Waals surface area contributed by atoms with Crippen molar-refractivity contribution in [3.63, 3.8) is 0 Å². The van der Waals surface area contributed by atoms with Gasteiger partial charge in [0.2, 0.25) is 5.91 Å². The van der Waals surface area contributed by atoms with Crippen molar-refractivity contribution in [2.45, 2.75) is 63.7 Å². The first kappa shape index (κ1) is 16.9. The Labute approximate surface area is 141 Å². The number of carboxylic acid groups (broad SMARTS) is 1. The fraction of sp³-hybridized carbons (Fsp3) is 0.765. The molecule has 0 bridgehead atoms. The van der Waals surface area contributed by atoms with Gasteiger partial charge in [0.15, 0.2) is 5.82 Å². The summed E-state index contributed by atoms with van der Waals surface area (Å²) in [6, 6.07) is 0. The summed E-state index contributed by atoms with van der Waals surface area (Å²) in [5.74, 6) is -0.0442. The number of H-pyrrole nitrogens is 1. The van der Waals surface area contributed by atoms with Gasteiger partial charge < -0.3 is 10.0 Å². The summed E-state index contributed by atoms with van der Waals surface area (Å²) < 4.78 is 0. The fourth-order valence-electron chi connectivity index (χ4n) is 3.80. The van der Waals surface area contributed by atoms with Crippen molar-refractivity contribution >= 4 is 11.9 Å². The van der Waals surface area contributed by atoms with E-state index in [4.69, 9.17) is 10.1 Å². The summed E-state index contributed by atoms with van der Waals surface area (Å²) in [4.78, 5) is 29.7. The maximum Gasteiger partial charge on any atom is 0.315 e. The molecule has 2 atom stereocenters. The van der Waals surface area contributed by atoms with E-state index in [9.17, 15) is 9.59 Å². The van der Waals surface area contributed by atoms with Crippen LogP contribution < -0.4 is 0 Å². The molecule has 1 aromatic rings. The molecule has 7 heteroatoms. The number of rotatable bonds is 4. The molecule has 0 aromatic carbocycles. The first-order valence-electron chi connectivity index (χ1n) is 9.00. The van der Waals surface area contributed by atoms with Crippen molar-refractivity contribution < 1.29 is 14.7 Å². The molecule has 2 heterocycles. The standard InChI is InChI=1S/C17H26N4O3/c1-11(17(23)24)16(22)21-9-5-8-13(10-21)15-18-14(19-20-15)12-6-3-2-4-7-12/h11-13H,2-10H2,1H3,(H,23,24)(H,18,19,20). The first-order chi connectivity index (χ1) is 11.6. The SMILES string of the molecule is CC(C(=O)O)C(=O)N1CCCC(c2n[nH]c(C3CCCCC3)n2)C1. The van der Waals surface area contributed by atoms with Crippen LogP contribution in [0.1, 0.15) is 75.4 Å². The van der Waals surface area contributed by atoms with Crippen LogP contribution in [0.25, 0.3) is 0 Å². The quantitative estimate of drug-likeness (QED) is 0.823. The zero-order chi connectivity index (χ0) is 17.1. The third-order valence-electron chi connectivity index (χ3n) is 5.35. The Morgan fingerprint density at radius 2 is 1.88 bits per heavy atom. The maximum atomic E-state index is 12.3. The van der Waals surface area contributed by atoms with Crippen molar-refractivity contribution in [3.05, 3.63) is 11.6 Å². The number of carboxylic acids is 1. The number of aromatic nitrogens is 3. The summed E-state index contributed by atoms with van der Waals surface area (Å²) in [5.41, 5.74) is 0. The molecule has 0 radical (unpaired) electrons. The van der Waals surface area contributed by atoms with Crippen LogP contribution in [-0.4, -0.2) is 50.2 Å². The van der Waals surface area contributed by atoms with Crippen LogP contribution in [0.15, 0.2) is 0 Å². The van der Waals surface area contributed by atoms with Gasteiger partial charge in [0.1, 0.15) is 11.7 Å². The van der Waals surface area contributed by atoms with E-state index in [0.717, 1.165) is 24.5 Å². The highest BCUT2D eigenvalue weighted by atomic mass is 16.4. The zero-order valence-corrected chi connectivity index (χ0v) is 14.2. The van der Waals surface area contributed by atoms with Crippen LogP contribution in [0.2, 0.25) is 0 Å². The topological polar surface area (TPSA) is 99.2 Å². The third-order valence-corrected chi connectivity index (χ3v) is 5.35. The van der Waals surface area contributed by atoms with E-state index in [1.54, 1.807) is 4.90 Å². The van der Waals surface area contributed by atoms with E-state index >= 15 is 0 Å². The molecule has 2 aliphatic rings. The van der Waals surface area contributed by atoms with Crippen LogP contribution in [-0.2, 0) is 9.59 Å². The summed E-state index contributed by atoms with van der Waals surface area (Å²) in [7, 11) is 0. The average Bonchev–Trinajstić information content (AvgIpc) is 3.11. The number of piperidine rings is 1. The molecule has 1 aliphatic heterocycles. The number of likely N-dealkylation sites (tertiary alicyclic amines) is 1. The van der Waals surface area contributed by atoms with E-state index < -0.39 is 11.9 Å². The van der Waals surface area contributed by atoms with Gasteiger partial charge in [-0.1, -0.05) is 19.3 Å². The largest absolute Gasteiger partial charge is 0.481 e. The fourth-order valence-corrected chi connectivity index (χ4v) is 3.80. The molecule has 3 rings (SSSR count). The molecule has 1 aliphatic carbocycles. The predicted molar refractivity (Wildman–Crippen MR) is 87.6 cm³/mol. The lowest BCUT2D eigenvalue weighted by molar-refractivity contribution is -0.150. The highest BCUT2D eigenvalue weighted by Crippen LogP contribution is 2.32. The number of hydrogen-bond acceptors (Lipinski definition) is 4. The third kappa shape index (κ3) is 3.60. The van der Waals surface area contributed by atoms with Crippen molar-refractivity contribution in [1.82, 2.24) is 20.1 Å². The highest BCUT2D eigenvalue weighted by Gasteiger charge is 2.32. The second-order valence-corrected chi connectivity index (χ2v) is 7.10. The molecule has 24 heavy (non-hydrogen) atoms. The predicted octanol–water partition coefficient (Wildman–Crippen LogP) is 2.28. The minimum atomic E-state index is -1.07. The Bertz CT molecular complexity index is 594. The molecule has 2 N–H and O–H groups in total. The lowest BCUT2D eigenvalue weighted by atomic mass is 9.89. The van der Waals surface area contributed by atoms with Gasteiger partial charge in [0.05, 0.1) is 0 Å². The number of aromatic amines is 1. The highest BCUT2D eigenvalue weighted by molar-refractivity contribution is 5.96. The van der Waals surface area contributed by atoms with Gasteiger partial charge in [-0.25, -0.2) is 4.98 Å². The lowest BCUT2D eigenvalue weighted by Gasteiger charge is -2.32. The van der Waals surface area contributed by atoms with E-state index in [1.165, 1.54) is 39.0 Å². The number of hydrogen-bond donors (Lipinski definition) is 2. The van der Waals surface area contributed by atoms with Gasteiger partial charge in [0, 0.05) is 24.9 Å². The van der Waals surface area contributed by atoms with E-state index in [2.05, 4.69) is 10.2 Å². The number of carbonyl (C=O) groups is 2.